The minimum Gasteiger partial charge on any atom is -0.322 e. The summed E-state index contributed by atoms with van der Waals surface area (Å²) in [5.74, 6) is -0.579. The molecule has 0 aliphatic heterocycles. The fourth-order valence-corrected chi connectivity index (χ4v) is 3.16. The summed E-state index contributed by atoms with van der Waals surface area (Å²) in [6.45, 7) is 3.76. The van der Waals surface area contributed by atoms with Gasteiger partial charge in [0.25, 0.3) is 5.91 Å². The smallest absolute Gasteiger partial charge is 0.322 e. The second kappa shape index (κ2) is 7.29. The number of hydrogen-bond acceptors (Lipinski definition) is 3. The van der Waals surface area contributed by atoms with Crippen LogP contribution in [0.4, 0.5) is 18.9 Å². The van der Waals surface area contributed by atoms with E-state index in [2.05, 4.69) is 15.4 Å². The van der Waals surface area contributed by atoms with Gasteiger partial charge in [-0.2, -0.15) is 18.3 Å². The van der Waals surface area contributed by atoms with Crippen molar-refractivity contribution in [2.24, 2.45) is 0 Å². The number of nitrogens with zero attached hydrogens (tertiary/aromatic N) is 3. The van der Waals surface area contributed by atoms with E-state index in [0.717, 1.165) is 23.4 Å². The van der Waals surface area contributed by atoms with E-state index in [9.17, 15) is 18.0 Å². The van der Waals surface area contributed by atoms with Crippen LogP contribution < -0.4 is 5.32 Å². The van der Waals surface area contributed by atoms with Gasteiger partial charge in [-0.05, 0) is 37.1 Å². The van der Waals surface area contributed by atoms with Crippen LogP contribution in [0.1, 0.15) is 27.2 Å². The summed E-state index contributed by atoms with van der Waals surface area (Å²) < 4.78 is 41.7. The number of carbonyl (C=O) groups is 1. The molecule has 5 nitrogen and oxygen atoms in total. The van der Waals surface area contributed by atoms with Gasteiger partial charge in [0, 0.05) is 11.3 Å². The zero-order valence-electron chi connectivity index (χ0n) is 16.2. The Morgan fingerprint density at radius 3 is 2.47 bits per heavy atom. The summed E-state index contributed by atoms with van der Waals surface area (Å²) >= 11 is 0. The summed E-state index contributed by atoms with van der Waals surface area (Å²) in [4.78, 5) is 17.2. The molecule has 4 aromatic rings. The zero-order valence-corrected chi connectivity index (χ0v) is 16.2. The van der Waals surface area contributed by atoms with Crippen LogP contribution in [0.3, 0.4) is 0 Å². The van der Waals surface area contributed by atoms with Crippen molar-refractivity contribution < 1.29 is 18.0 Å². The maximum Gasteiger partial charge on any atom is 0.433 e. The molecule has 0 unspecified atom stereocenters. The number of amides is 1. The molecule has 0 saturated carbocycles. The SMILES string of the molecule is Cc1cccc(NC(=O)c2cnn3c(C(F)(F)F)cc(-c4ccccc4)nc23)c1C. The lowest BCUT2D eigenvalue weighted by atomic mass is 10.1. The van der Waals surface area contributed by atoms with E-state index in [4.69, 9.17) is 0 Å². The van der Waals surface area contributed by atoms with Crippen LogP contribution in [0.15, 0.2) is 60.8 Å². The van der Waals surface area contributed by atoms with Gasteiger partial charge in [0.15, 0.2) is 11.3 Å². The molecule has 0 bridgehead atoms. The third-order valence-electron chi connectivity index (χ3n) is 4.93. The Labute approximate surface area is 170 Å². The average molecular weight is 410 g/mol. The van der Waals surface area contributed by atoms with E-state index in [1.165, 1.54) is 0 Å². The van der Waals surface area contributed by atoms with Crippen molar-refractivity contribution in [1.29, 1.82) is 0 Å². The van der Waals surface area contributed by atoms with Gasteiger partial charge in [-0.3, -0.25) is 4.79 Å². The monoisotopic (exact) mass is 410 g/mol. The first-order valence-corrected chi connectivity index (χ1v) is 9.14. The van der Waals surface area contributed by atoms with Crippen molar-refractivity contribution in [3.8, 4) is 11.3 Å². The number of nitrogens with one attached hydrogen (secondary N) is 1. The molecule has 0 spiro atoms. The number of aromatic nitrogens is 3. The first-order chi connectivity index (χ1) is 14.3. The Bertz CT molecular complexity index is 1250. The van der Waals surface area contributed by atoms with Gasteiger partial charge in [-0.15, -0.1) is 0 Å². The lowest BCUT2D eigenvalue weighted by Gasteiger charge is -2.12. The number of alkyl halides is 3. The molecule has 1 N–H and O–H groups in total. The van der Waals surface area contributed by atoms with Crippen LogP contribution in [-0.2, 0) is 6.18 Å². The molecule has 2 aromatic carbocycles. The van der Waals surface area contributed by atoms with Gasteiger partial charge in [0.05, 0.1) is 11.9 Å². The van der Waals surface area contributed by atoms with Gasteiger partial charge in [0.1, 0.15) is 5.56 Å². The van der Waals surface area contributed by atoms with Crippen molar-refractivity contribution in [1.82, 2.24) is 14.6 Å². The molecule has 0 aliphatic rings. The Morgan fingerprint density at radius 1 is 1.03 bits per heavy atom. The Morgan fingerprint density at radius 2 is 1.77 bits per heavy atom. The molecule has 0 atom stereocenters. The maximum atomic E-state index is 13.7. The molecule has 2 heterocycles. The van der Waals surface area contributed by atoms with Crippen LogP contribution in [-0.4, -0.2) is 20.5 Å². The van der Waals surface area contributed by atoms with Crippen LogP contribution in [0.25, 0.3) is 16.9 Å². The third-order valence-corrected chi connectivity index (χ3v) is 4.93. The van der Waals surface area contributed by atoms with E-state index in [1.54, 1.807) is 42.5 Å². The fourth-order valence-electron chi connectivity index (χ4n) is 3.16. The fraction of sp³-hybridized carbons (Fsp3) is 0.136. The standard InChI is InChI=1S/C22H17F3N4O/c1-13-7-6-10-17(14(13)2)28-21(30)16-12-26-29-19(22(23,24)25)11-18(27-20(16)29)15-8-4-3-5-9-15/h3-12H,1-2H3,(H,28,30). The van der Waals surface area contributed by atoms with Gasteiger partial charge in [0.2, 0.25) is 0 Å². The van der Waals surface area contributed by atoms with E-state index < -0.39 is 17.8 Å². The molecule has 2 aromatic heterocycles. The Balaban J connectivity index is 1.85. The maximum absolute atomic E-state index is 13.7. The van der Waals surface area contributed by atoms with Crippen LogP contribution >= 0.6 is 0 Å². The van der Waals surface area contributed by atoms with Gasteiger partial charge < -0.3 is 5.32 Å². The Kier molecular flexibility index (Phi) is 4.77. The molecule has 1 amide bonds. The lowest BCUT2D eigenvalue weighted by Crippen LogP contribution is -2.16. The number of benzene rings is 2. The molecule has 0 fully saturated rings. The van der Waals surface area contributed by atoms with E-state index >= 15 is 0 Å². The number of rotatable bonds is 3. The topological polar surface area (TPSA) is 59.3 Å². The molecule has 4 rings (SSSR count). The minimum atomic E-state index is -4.67. The van der Waals surface area contributed by atoms with Gasteiger partial charge in [-0.25, -0.2) is 9.50 Å². The highest BCUT2D eigenvalue weighted by Crippen LogP contribution is 2.33. The number of fused-ring (bicyclic) bond motifs is 1. The average Bonchev–Trinajstić information content (AvgIpc) is 3.14. The highest BCUT2D eigenvalue weighted by molar-refractivity contribution is 6.08. The Hall–Kier alpha value is -3.68. The summed E-state index contributed by atoms with van der Waals surface area (Å²) in [5.41, 5.74) is 1.84. The molecule has 0 aliphatic carbocycles. The quantitative estimate of drug-likeness (QED) is 0.500. The second-order valence-electron chi connectivity index (χ2n) is 6.89. The molecular formula is C22H17F3N4O. The summed E-state index contributed by atoms with van der Waals surface area (Å²) in [7, 11) is 0. The first kappa shape index (κ1) is 19.6. The summed E-state index contributed by atoms with van der Waals surface area (Å²) in [6, 6.07) is 14.9. The van der Waals surface area contributed by atoms with Gasteiger partial charge in [-0.1, -0.05) is 42.5 Å². The highest BCUT2D eigenvalue weighted by atomic mass is 19.4. The zero-order chi connectivity index (χ0) is 21.5. The number of anilines is 1. The molecule has 152 valence electrons. The number of hydrogen-bond donors (Lipinski definition) is 1. The summed E-state index contributed by atoms with van der Waals surface area (Å²) in [5, 5.41) is 6.55. The summed E-state index contributed by atoms with van der Waals surface area (Å²) in [6.07, 6.45) is -3.57. The van der Waals surface area contributed by atoms with Crippen LogP contribution in [0.5, 0.6) is 0 Å². The van der Waals surface area contributed by atoms with Crippen molar-refractivity contribution in [3.05, 3.63) is 83.2 Å². The first-order valence-electron chi connectivity index (χ1n) is 9.14. The largest absolute Gasteiger partial charge is 0.433 e. The number of aryl methyl sites for hydroxylation is 1. The van der Waals surface area contributed by atoms with Crippen molar-refractivity contribution in [3.63, 3.8) is 0 Å². The van der Waals surface area contributed by atoms with Crippen LogP contribution in [0.2, 0.25) is 0 Å². The van der Waals surface area contributed by atoms with Crippen molar-refractivity contribution in [2.45, 2.75) is 20.0 Å². The molecule has 8 heteroatoms. The minimum absolute atomic E-state index is 0.0424. The van der Waals surface area contributed by atoms with Crippen molar-refractivity contribution in [2.75, 3.05) is 5.32 Å². The van der Waals surface area contributed by atoms with E-state index in [1.807, 2.05) is 19.9 Å². The van der Waals surface area contributed by atoms with Crippen molar-refractivity contribution >= 4 is 17.2 Å². The second-order valence-corrected chi connectivity index (χ2v) is 6.89. The molecule has 0 radical (unpaired) electrons. The van der Waals surface area contributed by atoms with E-state index in [0.29, 0.717) is 15.8 Å². The predicted octanol–water partition coefficient (Wildman–Crippen LogP) is 5.28. The van der Waals surface area contributed by atoms with Gasteiger partial charge >= 0.3 is 6.18 Å². The molecule has 30 heavy (non-hydrogen) atoms. The lowest BCUT2D eigenvalue weighted by molar-refractivity contribution is -0.142. The normalized spacial score (nSPS) is 11.6. The number of halogens is 3. The third kappa shape index (κ3) is 3.52. The van der Waals surface area contributed by atoms with E-state index in [-0.39, 0.29) is 16.9 Å². The predicted molar refractivity (Wildman–Crippen MR) is 107 cm³/mol. The molecular weight excluding hydrogens is 393 g/mol. The molecule has 0 saturated heterocycles. The highest BCUT2D eigenvalue weighted by Gasteiger charge is 2.36. The van der Waals surface area contributed by atoms with Crippen LogP contribution in [0, 0.1) is 13.8 Å². The number of carbonyl (C=O) groups excluding carboxylic acids is 1.